The number of aromatic hydroxyl groups is 1. The van der Waals surface area contributed by atoms with Gasteiger partial charge in [0, 0.05) is 0 Å². The Morgan fingerprint density at radius 3 is 1.80 bits per heavy atom. The van der Waals surface area contributed by atoms with Crippen molar-refractivity contribution in [3.63, 3.8) is 0 Å². The average molecular weight is 272 g/mol. The van der Waals surface area contributed by atoms with Gasteiger partial charge in [0.2, 0.25) is 0 Å². The molecule has 1 nitrogen and oxygen atoms in total. The average Bonchev–Trinajstić information content (AvgIpc) is 2.51. The summed E-state index contributed by atoms with van der Waals surface area (Å²) in [4.78, 5) is 0. The maximum atomic E-state index is 10.5. The molecule has 20 heavy (non-hydrogen) atoms. The van der Waals surface area contributed by atoms with Crippen molar-refractivity contribution in [1.82, 2.24) is 0 Å². The van der Waals surface area contributed by atoms with Gasteiger partial charge < -0.3 is 5.11 Å². The Bertz CT molecular complexity index is 407. The topological polar surface area (TPSA) is 20.2 Å². The summed E-state index contributed by atoms with van der Waals surface area (Å²) in [5, 5.41) is 10.5. The first kappa shape index (κ1) is 14.0. The minimum atomic E-state index is 0.572. The summed E-state index contributed by atoms with van der Waals surface area (Å²) in [6.45, 7) is 2.25. The molecule has 0 spiro atoms. The van der Waals surface area contributed by atoms with Gasteiger partial charge in [-0.15, -0.1) is 0 Å². The number of aryl methyl sites for hydroxylation is 1. The molecule has 1 aromatic carbocycles. The highest BCUT2D eigenvalue weighted by molar-refractivity contribution is 5.45. The van der Waals surface area contributed by atoms with E-state index in [1.165, 1.54) is 80.9 Å². The Labute approximate surface area is 123 Å². The van der Waals surface area contributed by atoms with E-state index in [4.69, 9.17) is 0 Å². The molecule has 0 aliphatic heterocycles. The van der Waals surface area contributed by atoms with Crippen molar-refractivity contribution < 1.29 is 5.11 Å². The molecule has 0 radical (unpaired) electrons. The summed E-state index contributed by atoms with van der Waals surface area (Å²) in [6.07, 6.45) is 13.3. The maximum Gasteiger partial charge on any atom is 0.119 e. The van der Waals surface area contributed by atoms with Crippen molar-refractivity contribution in [2.45, 2.75) is 83.0 Å². The van der Waals surface area contributed by atoms with E-state index in [-0.39, 0.29) is 0 Å². The number of hydrogen-bond donors (Lipinski definition) is 1. The van der Waals surface area contributed by atoms with Crippen molar-refractivity contribution in [1.29, 1.82) is 0 Å². The van der Waals surface area contributed by atoms with Crippen molar-refractivity contribution >= 4 is 0 Å². The van der Waals surface area contributed by atoms with E-state index in [1.807, 2.05) is 0 Å². The number of benzene rings is 1. The fourth-order valence-electron chi connectivity index (χ4n) is 4.33. The van der Waals surface area contributed by atoms with Crippen LogP contribution in [0.15, 0.2) is 12.1 Å². The van der Waals surface area contributed by atoms with E-state index in [9.17, 15) is 5.11 Å². The summed E-state index contributed by atoms with van der Waals surface area (Å²) >= 11 is 0. The third-order valence-electron chi connectivity index (χ3n) is 5.51. The second kappa shape index (κ2) is 6.20. The van der Waals surface area contributed by atoms with Crippen LogP contribution in [0.1, 0.15) is 92.7 Å². The molecule has 2 aliphatic rings. The Morgan fingerprint density at radius 1 is 0.750 bits per heavy atom. The minimum absolute atomic E-state index is 0.572. The largest absolute Gasteiger partial charge is 0.508 e. The molecular weight excluding hydrogens is 244 g/mol. The summed E-state index contributed by atoms with van der Waals surface area (Å²) in [5.41, 5.74) is 4.05. The SMILES string of the molecule is Cc1cc(C2CCCCC2)c(O)cc1C1CCCCC1. The number of phenols is 1. The van der Waals surface area contributed by atoms with Gasteiger partial charge in [-0.1, -0.05) is 44.6 Å². The summed E-state index contributed by atoms with van der Waals surface area (Å²) in [5.74, 6) is 1.86. The second-order valence-electron chi connectivity index (χ2n) is 6.94. The zero-order valence-corrected chi connectivity index (χ0v) is 12.8. The molecule has 1 aromatic rings. The van der Waals surface area contributed by atoms with Crippen molar-refractivity contribution in [3.8, 4) is 5.75 Å². The molecule has 0 aromatic heterocycles. The van der Waals surface area contributed by atoms with Crippen molar-refractivity contribution in [2.75, 3.05) is 0 Å². The van der Waals surface area contributed by atoms with E-state index in [2.05, 4.69) is 19.1 Å². The lowest BCUT2D eigenvalue weighted by molar-refractivity contribution is 0.409. The normalized spacial score (nSPS) is 22.1. The summed E-state index contributed by atoms with van der Waals surface area (Å²) in [7, 11) is 0. The van der Waals surface area contributed by atoms with Crippen LogP contribution >= 0.6 is 0 Å². The molecule has 1 heteroatoms. The van der Waals surface area contributed by atoms with Crippen molar-refractivity contribution in [3.05, 3.63) is 28.8 Å². The number of hydrogen-bond acceptors (Lipinski definition) is 1. The van der Waals surface area contributed by atoms with Gasteiger partial charge in [0.15, 0.2) is 0 Å². The molecule has 0 saturated heterocycles. The molecule has 2 fully saturated rings. The van der Waals surface area contributed by atoms with Gasteiger partial charge in [-0.05, 0) is 67.2 Å². The van der Waals surface area contributed by atoms with Crippen LogP contribution in [0, 0.1) is 6.92 Å². The Kier molecular flexibility index (Phi) is 4.33. The quantitative estimate of drug-likeness (QED) is 0.721. The highest BCUT2D eigenvalue weighted by atomic mass is 16.3. The molecule has 3 rings (SSSR count). The van der Waals surface area contributed by atoms with E-state index in [0.717, 1.165) is 0 Å². The van der Waals surface area contributed by atoms with Gasteiger partial charge in [-0.3, -0.25) is 0 Å². The highest BCUT2D eigenvalue weighted by Crippen LogP contribution is 2.41. The van der Waals surface area contributed by atoms with Crippen LogP contribution in [0.4, 0.5) is 0 Å². The fraction of sp³-hybridized carbons (Fsp3) is 0.684. The van der Waals surface area contributed by atoms with E-state index in [1.54, 1.807) is 0 Å². The molecule has 0 atom stereocenters. The van der Waals surface area contributed by atoms with Gasteiger partial charge in [-0.25, -0.2) is 0 Å². The highest BCUT2D eigenvalue weighted by Gasteiger charge is 2.22. The molecule has 0 bridgehead atoms. The predicted molar refractivity (Wildman–Crippen MR) is 84.5 cm³/mol. The zero-order chi connectivity index (χ0) is 13.9. The molecule has 0 heterocycles. The Morgan fingerprint density at radius 2 is 1.25 bits per heavy atom. The molecule has 0 amide bonds. The Hall–Kier alpha value is -0.980. The maximum absolute atomic E-state index is 10.5. The molecule has 1 N–H and O–H groups in total. The van der Waals surface area contributed by atoms with Crippen LogP contribution in [0.3, 0.4) is 0 Å². The van der Waals surface area contributed by atoms with E-state index >= 15 is 0 Å². The fourth-order valence-corrected chi connectivity index (χ4v) is 4.33. The lowest BCUT2D eigenvalue weighted by atomic mass is 9.79. The molecular formula is C19H28O. The van der Waals surface area contributed by atoms with Crippen LogP contribution in [0.5, 0.6) is 5.75 Å². The van der Waals surface area contributed by atoms with E-state index < -0.39 is 0 Å². The van der Waals surface area contributed by atoms with Crippen LogP contribution in [0.25, 0.3) is 0 Å². The molecule has 110 valence electrons. The molecule has 2 saturated carbocycles. The van der Waals surface area contributed by atoms with Gasteiger partial charge >= 0.3 is 0 Å². The third-order valence-corrected chi connectivity index (χ3v) is 5.51. The summed E-state index contributed by atoms with van der Waals surface area (Å²) in [6, 6.07) is 4.41. The van der Waals surface area contributed by atoms with Gasteiger partial charge in [-0.2, -0.15) is 0 Å². The monoisotopic (exact) mass is 272 g/mol. The van der Waals surface area contributed by atoms with Crippen LogP contribution in [-0.4, -0.2) is 5.11 Å². The van der Waals surface area contributed by atoms with E-state index in [0.29, 0.717) is 17.6 Å². The first-order valence-corrected chi connectivity index (χ1v) is 8.59. The minimum Gasteiger partial charge on any atom is -0.508 e. The van der Waals surface area contributed by atoms with Crippen LogP contribution in [0.2, 0.25) is 0 Å². The van der Waals surface area contributed by atoms with Crippen LogP contribution < -0.4 is 0 Å². The summed E-state index contributed by atoms with van der Waals surface area (Å²) < 4.78 is 0. The lowest BCUT2D eigenvalue weighted by Crippen LogP contribution is -2.09. The van der Waals surface area contributed by atoms with Gasteiger partial charge in [0.25, 0.3) is 0 Å². The Balaban J connectivity index is 1.85. The van der Waals surface area contributed by atoms with Crippen LogP contribution in [-0.2, 0) is 0 Å². The molecule has 0 unspecified atom stereocenters. The third kappa shape index (κ3) is 2.87. The standard InChI is InChI=1S/C19H28O/c1-14-12-18(16-10-6-3-7-11-16)19(20)13-17(14)15-8-4-2-5-9-15/h12-13,15-16,20H,2-11H2,1H3. The smallest absolute Gasteiger partial charge is 0.119 e. The second-order valence-corrected chi connectivity index (χ2v) is 6.94. The number of phenolic OH excluding ortho intramolecular Hbond substituents is 1. The van der Waals surface area contributed by atoms with Crippen molar-refractivity contribution in [2.24, 2.45) is 0 Å². The first-order valence-electron chi connectivity index (χ1n) is 8.59. The predicted octanol–water partition coefficient (Wildman–Crippen LogP) is 5.80. The van der Waals surface area contributed by atoms with Gasteiger partial charge in [0.1, 0.15) is 5.75 Å². The molecule has 2 aliphatic carbocycles. The zero-order valence-electron chi connectivity index (χ0n) is 12.8. The number of rotatable bonds is 2. The van der Waals surface area contributed by atoms with Gasteiger partial charge in [0.05, 0.1) is 0 Å². The first-order chi connectivity index (χ1) is 9.75. The lowest BCUT2D eigenvalue weighted by Gasteiger charge is -2.27.